The highest BCUT2D eigenvalue weighted by Gasteiger charge is 2.35. The van der Waals surface area contributed by atoms with Crippen LogP contribution in [0.25, 0.3) is 0 Å². The van der Waals surface area contributed by atoms with Crippen molar-refractivity contribution in [1.29, 1.82) is 0 Å². The number of rotatable bonds is 6. The summed E-state index contributed by atoms with van der Waals surface area (Å²) in [6.45, 7) is 6.77. The lowest BCUT2D eigenvalue weighted by Crippen LogP contribution is -2.30. The highest BCUT2D eigenvalue weighted by atomic mass is 16.5. The van der Waals surface area contributed by atoms with Gasteiger partial charge < -0.3 is 9.84 Å². The predicted octanol–water partition coefficient (Wildman–Crippen LogP) is 5.47. The molecule has 24 heavy (non-hydrogen) atoms. The second kappa shape index (κ2) is 8.18. The number of carboxylic acid groups (broad SMARTS) is 1. The van der Waals surface area contributed by atoms with Crippen molar-refractivity contribution in [2.24, 2.45) is 0 Å². The minimum absolute atomic E-state index is 0.0628. The van der Waals surface area contributed by atoms with Crippen molar-refractivity contribution in [2.75, 3.05) is 6.61 Å². The van der Waals surface area contributed by atoms with E-state index in [0.717, 1.165) is 24.2 Å². The second-order valence-corrected chi connectivity index (χ2v) is 6.59. The summed E-state index contributed by atoms with van der Waals surface area (Å²) in [5.74, 6) is 0.0404. The van der Waals surface area contributed by atoms with Crippen LogP contribution in [-0.2, 0) is 10.2 Å². The van der Waals surface area contributed by atoms with Crippen LogP contribution in [0, 0.1) is 0 Å². The van der Waals surface area contributed by atoms with Gasteiger partial charge in [0.15, 0.2) is 0 Å². The van der Waals surface area contributed by atoms with Crippen LogP contribution in [0.4, 0.5) is 0 Å². The zero-order chi connectivity index (χ0) is 17.6. The van der Waals surface area contributed by atoms with Gasteiger partial charge in [0, 0.05) is 5.41 Å². The molecule has 1 aromatic rings. The zero-order valence-corrected chi connectivity index (χ0v) is 15.0. The molecule has 0 aromatic heterocycles. The van der Waals surface area contributed by atoms with E-state index in [-0.39, 0.29) is 5.41 Å². The molecule has 130 valence electrons. The molecule has 0 aliphatic heterocycles. The number of carbonyl (C=O) groups is 1. The minimum Gasteiger partial charge on any atom is -0.499 e. The van der Waals surface area contributed by atoms with E-state index < -0.39 is 5.97 Å². The second-order valence-electron chi connectivity index (χ2n) is 6.59. The molecule has 0 atom stereocenters. The van der Waals surface area contributed by atoms with E-state index in [1.165, 1.54) is 24.8 Å². The molecule has 0 amide bonds. The molecule has 0 bridgehead atoms. The van der Waals surface area contributed by atoms with Gasteiger partial charge in [-0.05, 0) is 57.4 Å². The predicted molar refractivity (Wildman–Crippen MR) is 97.3 cm³/mol. The zero-order valence-electron chi connectivity index (χ0n) is 15.0. The average Bonchev–Trinajstić information content (AvgIpc) is 2.60. The Bertz CT molecular complexity index is 634. The molecule has 3 nitrogen and oxygen atoms in total. The standard InChI is InChI=1S/C21H28O3/c1-4-24-17(3)12-11-16(2)21(13-6-5-7-14-21)19-10-8-9-18(15-19)20(22)23/h8-12,15H,4-7,13-14H2,1-3H3,(H,22,23)/b16-11+,17-12+. The first kappa shape index (κ1) is 18.3. The fourth-order valence-corrected chi connectivity index (χ4v) is 3.69. The van der Waals surface area contributed by atoms with Crippen LogP contribution in [0.15, 0.2) is 47.7 Å². The topological polar surface area (TPSA) is 46.5 Å². The highest BCUT2D eigenvalue weighted by Crippen LogP contribution is 2.45. The number of carboxylic acids is 1. The van der Waals surface area contributed by atoms with Crippen molar-refractivity contribution < 1.29 is 14.6 Å². The molecule has 2 rings (SSSR count). The summed E-state index contributed by atoms with van der Waals surface area (Å²) in [7, 11) is 0. The van der Waals surface area contributed by atoms with Crippen molar-refractivity contribution in [2.45, 2.75) is 58.3 Å². The summed E-state index contributed by atoms with van der Waals surface area (Å²) in [6.07, 6.45) is 9.91. The van der Waals surface area contributed by atoms with E-state index in [0.29, 0.717) is 12.2 Å². The van der Waals surface area contributed by atoms with Gasteiger partial charge in [-0.3, -0.25) is 0 Å². The Kier molecular flexibility index (Phi) is 6.24. The Morgan fingerprint density at radius 3 is 2.54 bits per heavy atom. The molecule has 1 aliphatic rings. The molecule has 0 unspecified atom stereocenters. The van der Waals surface area contributed by atoms with Crippen LogP contribution in [0.2, 0.25) is 0 Å². The summed E-state index contributed by atoms with van der Waals surface area (Å²) >= 11 is 0. The third-order valence-corrected chi connectivity index (χ3v) is 5.06. The average molecular weight is 328 g/mol. The Balaban J connectivity index is 2.43. The van der Waals surface area contributed by atoms with Crippen LogP contribution in [-0.4, -0.2) is 17.7 Å². The monoisotopic (exact) mass is 328 g/mol. The van der Waals surface area contributed by atoms with Gasteiger partial charge in [0.25, 0.3) is 0 Å². The molecule has 0 spiro atoms. The highest BCUT2D eigenvalue weighted by molar-refractivity contribution is 5.87. The van der Waals surface area contributed by atoms with Crippen molar-refractivity contribution in [3.63, 3.8) is 0 Å². The minimum atomic E-state index is -0.864. The number of hydrogen-bond donors (Lipinski definition) is 1. The lowest BCUT2D eigenvalue weighted by Gasteiger charge is -2.39. The Hall–Kier alpha value is -2.03. The van der Waals surface area contributed by atoms with Gasteiger partial charge in [-0.15, -0.1) is 0 Å². The van der Waals surface area contributed by atoms with Crippen LogP contribution in [0.3, 0.4) is 0 Å². The number of hydrogen-bond acceptors (Lipinski definition) is 2. The lowest BCUT2D eigenvalue weighted by atomic mass is 9.65. The molecule has 0 radical (unpaired) electrons. The van der Waals surface area contributed by atoms with E-state index in [9.17, 15) is 9.90 Å². The maximum absolute atomic E-state index is 11.4. The SMILES string of the molecule is CCO/C(C)=C/C=C(\C)C1(c2cccc(C(=O)O)c2)CCCCC1. The molecule has 1 fully saturated rings. The Morgan fingerprint density at radius 2 is 1.92 bits per heavy atom. The van der Waals surface area contributed by atoms with Gasteiger partial charge in [0.05, 0.1) is 17.9 Å². The third kappa shape index (κ3) is 4.08. The van der Waals surface area contributed by atoms with Gasteiger partial charge in [0.2, 0.25) is 0 Å². The molecular weight excluding hydrogens is 300 g/mol. The molecule has 1 saturated carbocycles. The fraction of sp³-hybridized carbons (Fsp3) is 0.476. The first-order valence-electron chi connectivity index (χ1n) is 8.82. The fourth-order valence-electron chi connectivity index (χ4n) is 3.69. The smallest absolute Gasteiger partial charge is 0.335 e. The number of aromatic carboxylic acids is 1. The molecule has 0 heterocycles. The number of benzene rings is 1. The summed E-state index contributed by atoms with van der Waals surface area (Å²) in [5, 5.41) is 9.32. The maximum Gasteiger partial charge on any atom is 0.335 e. The Morgan fingerprint density at radius 1 is 1.21 bits per heavy atom. The van der Waals surface area contributed by atoms with E-state index >= 15 is 0 Å². The first-order chi connectivity index (χ1) is 11.5. The molecule has 1 N–H and O–H groups in total. The quantitative estimate of drug-likeness (QED) is 0.556. The molecule has 1 aliphatic carbocycles. The van der Waals surface area contributed by atoms with E-state index in [4.69, 9.17) is 4.74 Å². The molecule has 1 aromatic carbocycles. The van der Waals surface area contributed by atoms with Crippen molar-refractivity contribution >= 4 is 5.97 Å². The van der Waals surface area contributed by atoms with Crippen LogP contribution in [0.5, 0.6) is 0 Å². The first-order valence-corrected chi connectivity index (χ1v) is 8.82. The normalized spacial score (nSPS) is 18.3. The molecule has 0 saturated heterocycles. The van der Waals surface area contributed by atoms with E-state index in [2.05, 4.69) is 19.1 Å². The lowest BCUT2D eigenvalue weighted by molar-refractivity contribution is 0.0696. The molecule has 3 heteroatoms. The Labute approximate surface area is 145 Å². The van der Waals surface area contributed by atoms with Gasteiger partial charge in [0.1, 0.15) is 0 Å². The van der Waals surface area contributed by atoms with E-state index in [1.807, 2.05) is 32.1 Å². The summed E-state index contributed by atoms with van der Waals surface area (Å²) < 4.78 is 5.51. The number of ether oxygens (including phenoxy) is 1. The van der Waals surface area contributed by atoms with E-state index in [1.54, 1.807) is 6.07 Å². The van der Waals surface area contributed by atoms with Gasteiger partial charge in [-0.2, -0.15) is 0 Å². The summed E-state index contributed by atoms with van der Waals surface area (Å²) in [5.41, 5.74) is 2.71. The third-order valence-electron chi connectivity index (χ3n) is 5.06. The van der Waals surface area contributed by atoms with Gasteiger partial charge >= 0.3 is 5.97 Å². The van der Waals surface area contributed by atoms with Crippen LogP contribution >= 0.6 is 0 Å². The van der Waals surface area contributed by atoms with Crippen molar-refractivity contribution in [1.82, 2.24) is 0 Å². The summed E-state index contributed by atoms with van der Waals surface area (Å²) in [4.78, 5) is 11.4. The van der Waals surface area contributed by atoms with Crippen molar-refractivity contribution in [3.05, 3.63) is 58.9 Å². The van der Waals surface area contributed by atoms with Gasteiger partial charge in [-0.1, -0.05) is 43.0 Å². The number of allylic oxidation sites excluding steroid dienone is 4. The molecular formula is C21H28O3. The van der Waals surface area contributed by atoms with Crippen molar-refractivity contribution in [3.8, 4) is 0 Å². The van der Waals surface area contributed by atoms with Crippen LogP contribution in [0.1, 0.15) is 68.8 Å². The maximum atomic E-state index is 11.4. The summed E-state index contributed by atoms with van der Waals surface area (Å²) in [6, 6.07) is 7.46. The largest absolute Gasteiger partial charge is 0.499 e. The van der Waals surface area contributed by atoms with Crippen LogP contribution < -0.4 is 0 Å². The van der Waals surface area contributed by atoms with Gasteiger partial charge in [-0.25, -0.2) is 4.79 Å².